The van der Waals surface area contributed by atoms with Crippen molar-refractivity contribution in [1.82, 2.24) is 9.13 Å². The van der Waals surface area contributed by atoms with Gasteiger partial charge in [-0.1, -0.05) is 90.6 Å². The van der Waals surface area contributed by atoms with Gasteiger partial charge in [0.1, 0.15) is 16.8 Å². The first kappa shape index (κ1) is 22.5. The molecule has 4 heterocycles. The highest BCUT2D eigenvalue weighted by molar-refractivity contribution is 7.99. The average molecular weight is 555 g/mol. The Balaban J connectivity index is 1.21. The lowest BCUT2D eigenvalue weighted by Crippen LogP contribution is -2.05. The van der Waals surface area contributed by atoms with Crippen LogP contribution in [0.2, 0.25) is 0 Å². The molecule has 0 spiro atoms. The lowest BCUT2D eigenvalue weighted by Gasteiger charge is -2.21. The lowest BCUT2D eigenvalue weighted by atomic mass is 10.0. The number of fused-ring (bicyclic) bond motifs is 10. The maximum atomic E-state index is 6.18. The van der Waals surface area contributed by atoms with Crippen LogP contribution < -0.4 is 0 Å². The molecule has 9 aromatic rings. The van der Waals surface area contributed by atoms with E-state index in [4.69, 9.17) is 4.42 Å². The molecular formula is C38H22N2OS. The Morgan fingerprint density at radius 2 is 1.21 bits per heavy atom. The molecule has 0 atom stereocenters. The fraction of sp³-hybridized carbons (Fsp3) is 0. The van der Waals surface area contributed by atoms with Crippen molar-refractivity contribution in [3.8, 4) is 22.5 Å². The van der Waals surface area contributed by atoms with E-state index in [1.165, 1.54) is 53.9 Å². The first-order valence-electron chi connectivity index (χ1n) is 14.2. The van der Waals surface area contributed by atoms with Crippen LogP contribution >= 0.6 is 11.8 Å². The number of furan rings is 1. The molecule has 6 aromatic carbocycles. The molecule has 1 aliphatic heterocycles. The second kappa shape index (κ2) is 8.19. The molecule has 0 saturated carbocycles. The summed E-state index contributed by atoms with van der Waals surface area (Å²) in [6, 6.07) is 48.0. The third-order valence-electron chi connectivity index (χ3n) is 8.72. The van der Waals surface area contributed by atoms with Crippen LogP contribution in [-0.2, 0) is 0 Å². The molecule has 0 aliphatic carbocycles. The molecule has 4 heteroatoms. The highest BCUT2D eigenvalue weighted by atomic mass is 32.2. The quantitative estimate of drug-likeness (QED) is 0.212. The highest BCUT2D eigenvalue weighted by Crippen LogP contribution is 2.49. The van der Waals surface area contributed by atoms with Gasteiger partial charge < -0.3 is 4.42 Å². The van der Waals surface area contributed by atoms with Crippen LogP contribution in [-0.4, -0.2) is 9.13 Å². The van der Waals surface area contributed by atoms with Crippen LogP contribution in [0.25, 0.3) is 77.3 Å². The van der Waals surface area contributed by atoms with Crippen LogP contribution in [0, 0.1) is 0 Å². The predicted molar refractivity (Wildman–Crippen MR) is 174 cm³/mol. The van der Waals surface area contributed by atoms with Gasteiger partial charge in [-0.3, -0.25) is 9.13 Å². The largest absolute Gasteiger partial charge is 0.456 e. The molecule has 42 heavy (non-hydrogen) atoms. The van der Waals surface area contributed by atoms with Crippen molar-refractivity contribution in [2.24, 2.45) is 0 Å². The maximum Gasteiger partial charge on any atom is 0.136 e. The topological polar surface area (TPSA) is 23.0 Å². The van der Waals surface area contributed by atoms with E-state index >= 15 is 0 Å². The molecule has 0 bridgehead atoms. The van der Waals surface area contributed by atoms with Gasteiger partial charge in [0.2, 0.25) is 0 Å². The Labute approximate surface area is 245 Å². The van der Waals surface area contributed by atoms with Gasteiger partial charge in [-0.2, -0.15) is 0 Å². The molecule has 0 fully saturated rings. The normalized spacial score (nSPS) is 12.7. The summed E-state index contributed by atoms with van der Waals surface area (Å²) in [7, 11) is 0. The van der Waals surface area contributed by atoms with E-state index in [0.29, 0.717) is 0 Å². The van der Waals surface area contributed by atoms with Gasteiger partial charge in [-0.15, -0.1) is 0 Å². The van der Waals surface area contributed by atoms with Crippen LogP contribution in [0.3, 0.4) is 0 Å². The van der Waals surface area contributed by atoms with Crippen molar-refractivity contribution < 1.29 is 4.42 Å². The van der Waals surface area contributed by atoms with Crippen LogP contribution in [0.15, 0.2) is 148 Å². The first-order chi connectivity index (χ1) is 20.8. The van der Waals surface area contributed by atoms with E-state index in [-0.39, 0.29) is 0 Å². The van der Waals surface area contributed by atoms with Crippen LogP contribution in [0.4, 0.5) is 0 Å². The molecule has 0 N–H and O–H groups in total. The molecule has 3 aromatic heterocycles. The second-order valence-electron chi connectivity index (χ2n) is 11.0. The van der Waals surface area contributed by atoms with Crippen molar-refractivity contribution in [2.45, 2.75) is 9.79 Å². The van der Waals surface area contributed by atoms with Crippen molar-refractivity contribution in [1.29, 1.82) is 0 Å². The summed E-state index contributed by atoms with van der Waals surface area (Å²) < 4.78 is 11.1. The number of hydrogen-bond acceptors (Lipinski definition) is 2. The minimum Gasteiger partial charge on any atom is -0.456 e. The molecular weight excluding hydrogens is 532 g/mol. The van der Waals surface area contributed by atoms with E-state index in [1.807, 2.05) is 23.9 Å². The average Bonchev–Trinajstić information content (AvgIpc) is 3.70. The summed E-state index contributed by atoms with van der Waals surface area (Å²) in [5, 5.41) is 6.19. The van der Waals surface area contributed by atoms with Crippen LogP contribution in [0.5, 0.6) is 0 Å². The van der Waals surface area contributed by atoms with Gasteiger partial charge in [0.05, 0.1) is 16.7 Å². The fourth-order valence-corrected chi connectivity index (χ4v) is 7.99. The summed E-state index contributed by atoms with van der Waals surface area (Å²) >= 11 is 1.86. The Morgan fingerprint density at radius 3 is 2.14 bits per heavy atom. The number of nitrogens with zero attached hydrogens (tertiary/aromatic N) is 2. The predicted octanol–water partition coefficient (Wildman–Crippen LogP) is 10.8. The zero-order chi connectivity index (χ0) is 27.4. The summed E-state index contributed by atoms with van der Waals surface area (Å²) in [5.41, 5.74) is 10.3. The number of hydrogen-bond donors (Lipinski definition) is 0. The van der Waals surface area contributed by atoms with Gasteiger partial charge >= 0.3 is 0 Å². The van der Waals surface area contributed by atoms with Crippen molar-refractivity contribution in [2.75, 3.05) is 0 Å². The van der Waals surface area contributed by atoms with Crippen molar-refractivity contribution in [3.63, 3.8) is 0 Å². The Hall–Kier alpha value is -5.19. The number of benzene rings is 6. The number of para-hydroxylation sites is 4. The second-order valence-corrected chi connectivity index (χ2v) is 12.0. The van der Waals surface area contributed by atoms with Crippen molar-refractivity contribution in [3.05, 3.63) is 133 Å². The first-order valence-corrected chi connectivity index (χ1v) is 15.0. The van der Waals surface area contributed by atoms with E-state index in [1.54, 1.807) is 0 Å². The van der Waals surface area contributed by atoms with Gasteiger partial charge in [-0.05, 0) is 65.7 Å². The van der Waals surface area contributed by atoms with E-state index < -0.39 is 0 Å². The number of rotatable bonds is 2. The maximum absolute atomic E-state index is 6.18. The minimum absolute atomic E-state index is 0.919. The summed E-state index contributed by atoms with van der Waals surface area (Å²) in [4.78, 5) is 2.58. The van der Waals surface area contributed by atoms with Crippen LogP contribution in [0.1, 0.15) is 0 Å². The van der Waals surface area contributed by atoms with Gasteiger partial charge in [0.25, 0.3) is 0 Å². The molecule has 0 saturated heterocycles. The monoisotopic (exact) mass is 554 g/mol. The molecule has 0 radical (unpaired) electrons. The van der Waals surface area contributed by atoms with E-state index in [0.717, 1.165) is 33.2 Å². The summed E-state index contributed by atoms with van der Waals surface area (Å²) in [5.74, 6) is 0. The zero-order valence-corrected chi connectivity index (χ0v) is 23.2. The summed E-state index contributed by atoms with van der Waals surface area (Å²) in [6.45, 7) is 0. The molecule has 196 valence electrons. The fourth-order valence-electron chi connectivity index (χ4n) is 6.90. The smallest absolute Gasteiger partial charge is 0.136 e. The van der Waals surface area contributed by atoms with E-state index in [9.17, 15) is 0 Å². The molecule has 10 rings (SSSR count). The standard InChI is InChI=1S/C38H22N2OS/c1-3-11-30-28(9-1)36-29-10-7-15-35-37(29)40(31-12-4-6-14-34(31)42-35)38(36)39(30)25-19-16-23(17-20-25)24-18-21-27-26-8-2-5-13-32(26)41-33(27)22-24/h1-22H. The summed E-state index contributed by atoms with van der Waals surface area (Å²) in [6.07, 6.45) is 0. The Morgan fingerprint density at radius 1 is 0.500 bits per heavy atom. The minimum atomic E-state index is 0.919. The number of aromatic nitrogens is 2. The Bertz CT molecular complexity index is 2550. The molecule has 0 unspecified atom stereocenters. The van der Waals surface area contributed by atoms with E-state index in [2.05, 4.69) is 130 Å². The zero-order valence-electron chi connectivity index (χ0n) is 22.4. The third-order valence-corrected chi connectivity index (χ3v) is 9.83. The van der Waals surface area contributed by atoms with Gasteiger partial charge in [0.15, 0.2) is 0 Å². The van der Waals surface area contributed by atoms with Gasteiger partial charge in [-0.25, -0.2) is 0 Å². The molecule has 3 nitrogen and oxygen atoms in total. The Kier molecular flexibility index (Phi) is 4.38. The molecule has 1 aliphatic rings. The SMILES string of the molecule is c1ccc2c(c1)Sc1cccc3c4c5ccccc5n(-c5ccc(-c6ccc7c(c6)oc6ccccc67)cc5)c4n-2c13. The lowest BCUT2D eigenvalue weighted by molar-refractivity contribution is 0.669. The van der Waals surface area contributed by atoms with Gasteiger partial charge in [0, 0.05) is 42.4 Å². The van der Waals surface area contributed by atoms with Crippen molar-refractivity contribution >= 4 is 66.5 Å². The molecule has 0 amide bonds. The third kappa shape index (κ3) is 2.92. The highest BCUT2D eigenvalue weighted by Gasteiger charge is 2.27.